The maximum Gasteiger partial charge on any atom is 0.183 e. The Morgan fingerprint density at radius 2 is 1.92 bits per heavy atom. The molecular formula is C8H14O4. The van der Waals surface area contributed by atoms with E-state index in [2.05, 4.69) is 0 Å². The smallest absolute Gasteiger partial charge is 0.183 e. The molecule has 0 unspecified atom stereocenters. The number of methoxy groups -OCH3 is 2. The second-order valence-corrected chi connectivity index (χ2v) is 3.17. The van der Waals surface area contributed by atoms with Crippen molar-refractivity contribution < 1.29 is 18.9 Å². The van der Waals surface area contributed by atoms with Gasteiger partial charge in [0, 0.05) is 20.1 Å². The first-order chi connectivity index (χ1) is 5.86. The Balaban J connectivity index is 2.01. The summed E-state index contributed by atoms with van der Waals surface area (Å²) in [6.07, 6.45) is 0.0465. The SMILES string of the molecule is CO[C@@H]1OC[C@H]2[C@@H]1OC[C@H]2OC. The van der Waals surface area contributed by atoms with Crippen LogP contribution >= 0.6 is 0 Å². The van der Waals surface area contributed by atoms with Gasteiger partial charge in [0.2, 0.25) is 0 Å². The lowest BCUT2D eigenvalue weighted by Gasteiger charge is -2.14. The Kier molecular flexibility index (Phi) is 2.32. The van der Waals surface area contributed by atoms with E-state index in [4.69, 9.17) is 18.9 Å². The second-order valence-electron chi connectivity index (χ2n) is 3.17. The lowest BCUT2D eigenvalue weighted by atomic mass is 10.0. The van der Waals surface area contributed by atoms with Crippen LogP contribution in [0.5, 0.6) is 0 Å². The minimum atomic E-state index is -0.199. The van der Waals surface area contributed by atoms with Crippen molar-refractivity contribution in [2.75, 3.05) is 27.4 Å². The molecular weight excluding hydrogens is 160 g/mol. The van der Waals surface area contributed by atoms with Crippen LogP contribution in [0.25, 0.3) is 0 Å². The van der Waals surface area contributed by atoms with E-state index in [1.54, 1.807) is 14.2 Å². The third-order valence-electron chi connectivity index (χ3n) is 2.61. The Bertz CT molecular complexity index is 143. The fourth-order valence-corrected chi connectivity index (χ4v) is 1.89. The average Bonchev–Trinajstić information content (AvgIpc) is 2.62. The fraction of sp³-hybridized carbons (Fsp3) is 1.00. The molecule has 2 heterocycles. The van der Waals surface area contributed by atoms with E-state index >= 15 is 0 Å². The predicted molar refractivity (Wildman–Crippen MR) is 40.8 cm³/mol. The summed E-state index contributed by atoms with van der Waals surface area (Å²) in [7, 11) is 3.34. The van der Waals surface area contributed by atoms with Crippen LogP contribution in [0.2, 0.25) is 0 Å². The number of hydrogen-bond donors (Lipinski definition) is 0. The first-order valence-electron chi connectivity index (χ1n) is 4.15. The minimum absolute atomic E-state index is 0.0694. The standard InChI is InChI=1S/C8H14O4/c1-9-6-4-11-7-5(6)3-12-8(7)10-2/h5-8H,3-4H2,1-2H3/t5-,6-,7+,8-/m1/s1. The van der Waals surface area contributed by atoms with Gasteiger partial charge in [0.25, 0.3) is 0 Å². The molecule has 0 spiro atoms. The highest BCUT2D eigenvalue weighted by molar-refractivity contribution is 4.90. The zero-order valence-corrected chi connectivity index (χ0v) is 7.36. The lowest BCUT2D eigenvalue weighted by molar-refractivity contribution is -0.144. The highest BCUT2D eigenvalue weighted by Gasteiger charge is 2.47. The largest absolute Gasteiger partial charge is 0.379 e. The van der Waals surface area contributed by atoms with Crippen LogP contribution < -0.4 is 0 Å². The van der Waals surface area contributed by atoms with Crippen molar-refractivity contribution in [3.05, 3.63) is 0 Å². The van der Waals surface area contributed by atoms with Gasteiger partial charge in [0.05, 0.1) is 19.3 Å². The van der Waals surface area contributed by atoms with Crippen molar-refractivity contribution in [2.24, 2.45) is 5.92 Å². The second kappa shape index (κ2) is 3.30. The molecule has 12 heavy (non-hydrogen) atoms. The molecule has 0 amide bonds. The molecule has 70 valence electrons. The van der Waals surface area contributed by atoms with Gasteiger partial charge in [-0.15, -0.1) is 0 Å². The van der Waals surface area contributed by atoms with Crippen LogP contribution in [0.1, 0.15) is 0 Å². The molecule has 2 aliphatic heterocycles. The number of hydrogen-bond acceptors (Lipinski definition) is 4. The molecule has 2 aliphatic rings. The van der Waals surface area contributed by atoms with E-state index in [9.17, 15) is 0 Å². The van der Waals surface area contributed by atoms with Crippen LogP contribution in [-0.4, -0.2) is 45.9 Å². The summed E-state index contributed by atoms with van der Waals surface area (Å²) in [5.74, 6) is 0.347. The van der Waals surface area contributed by atoms with Gasteiger partial charge in [-0.1, -0.05) is 0 Å². The van der Waals surface area contributed by atoms with Crippen LogP contribution in [0.15, 0.2) is 0 Å². The van der Waals surface area contributed by atoms with Crippen molar-refractivity contribution in [1.29, 1.82) is 0 Å². The van der Waals surface area contributed by atoms with Crippen molar-refractivity contribution in [1.82, 2.24) is 0 Å². The zero-order valence-electron chi connectivity index (χ0n) is 7.36. The molecule has 0 radical (unpaired) electrons. The van der Waals surface area contributed by atoms with E-state index in [1.807, 2.05) is 0 Å². The van der Waals surface area contributed by atoms with Gasteiger partial charge in [-0.05, 0) is 0 Å². The number of rotatable bonds is 2. The van der Waals surface area contributed by atoms with Gasteiger partial charge in [-0.3, -0.25) is 0 Å². The Hall–Kier alpha value is -0.160. The van der Waals surface area contributed by atoms with Crippen LogP contribution in [0.3, 0.4) is 0 Å². The first-order valence-corrected chi connectivity index (χ1v) is 4.15. The predicted octanol–water partition coefficient (Wildman–Crippen LogP) is 0.0191. The highest BCUT2D eigenvalue weighted by Crippen LogP contribution is 2.33. The van der Waals surface area contributed by atoms with Crippen molar-refractivity contribution in [3.8, 4) is 0 Å². The van der Waals surface area contributed by atoms with Crippen molar-refractivity contribution in [2.45, 2.75) is 18.5 Å². The molecule has 2 saturated heterocycles. The molecule has 2 rings (SSSR count). The molecule has 4 heteroatoms. The summed E-state index contributed by atoms with van der Waals surface area (Å²) >= 11 is 0. The van der Waals surface area contributed by atoms with Crippen LogP contribution in [0, 0.1) is 5.92 Å². The van der Waals surface area contributed by atoms with E-state index < -0.39 is 0 Å². The molecule has 0 aromatic heterocycles. The molecule has 4 atom stereocenters. The maximum atomic E-state index is 5.51. The minimum Gasteiger partial charge on any atom is -0.379 e. The van der Waals surface area contributed by atoms with Gasteiger partial charge in [-0.2, -0.15) is 0 Å². The first kappa shape index (κ1) is 8.44. The molecule has 0 N–H and O–H groups in total. The molecule has 0 bridgehead atoms. The monoisotopic (exact) mass is 174 g/mol. The number of fused-ring (bicyclic) bond motifs is 1. The van der Waals surface area contributed by atoms with Gasteiger partial charge in [0.15, 0.2) is 6.29 Å². The summed E-state index contributed by atoms with van der Waals surface area (Å²) in [4.78, 5) is 0. The van der Waals surface area contributed by atoms with Crippen LogP contribution in [0.4, 0.5) is 0 Å². The highest BCUT2D eigenvalue weighted by atomic mass is 16.7. The molecule has 0 aliphatic carbocycles. The molecule has 4 nitrogen and oxygen atoms in total. The Morgan fingerprint density at radius 1 is 1.08 bits per heavy atom. The third-order valence-corrected chi connectivity index (χ3v) is 2.61. The normalized spacial score (nSPS) is 46.5. The molecule has 2 fully saturated rings. The van der Waals surface area contributed by atoms with E-state index in [1.165, 1.54) is 0 Å². The Labute approximate surface area is 71.7 Å². The third kappa shape index (κ3) is 1.15. The number of ether oxygens (including phenoxy) is 4. The van der Waals surface area contributed by atoms with Crippen molar-refractivity contribution >= 4 is 0 Å². The van der Waals surface area contributed by atoms with E-state index in [0.717, 1.165) is 0 Å². The van der Waals surface area contributed by atoms with Gasteiger partial charge in [-0.25, -0.2) is 0 Å². The summed E-state index contributed by atoms with van der Waals surface area (Å²) in [6.45, 7) is 1.34. The van der Waals surface area contributed by atoms with Crippen molar-refractivity contribution in [3.63, 3.8) is 0 Å². The lowest BCUT2D eigenvalue weighted by Crippen LogP contribution is -2.28. The van der Waals surface area contributed by atoms with Gasteiger partial charge < -0.3 is 18.9 Å². The maximum absolute atomic E-state index is 5.51. The Morgan fingerprint density at radius 3 is 2.58 bits per heavy atom. The van der Waals surface area contributed by atoms with Crippen LogP contribution in [-0.2, 0) is 18.9 Å². The topological polar surface area (TPSA) is 36.9 Å². The zero-order chi connectivity index (χ0) is 8.55. The fourth-order valence-electron chi connectivity index (χ4n) is 1.89. The van der Waals surface area contributed by atoms with Gasteiger partial charge >= 0.3 is 0 Å². The molecule has 0 saturated carbocycles. The quantitative estimate of drug-likeness (QED) is 0.591. The van der Waals surface area contributed by atoms with Gasteiger partial charge in [0.1, 0.15) is 6.10 Å². The summed E-state index contributed by atoms with van der Waals surface area (Å²) in [6, 6.07) is 0. The molecule has 0 aromatic carbocycles. The summed E-state index contributed by atoms with van der Waals surface area (Å²) in [5, 5.41) is 0. The van der Waals surface area contributed by atoms with E-state index in [-0.39, 0.29) is 18.5 Å². The summed E-state index contributed by atoms with van der Waals surface area (Å²) in [5.41, 5.74) is 0. The summed E-state index contributed by atoms with van der Waals surface area (Å²) < 4.78 is 21.3. The molecule has 0 aromatic rings. The average molecular weight is 174 g/mol. The van der Waals surface area contributed by atoms with E-state index in [0.29, 0.717) is 19.1 Å².